The van der Waals surface area contributed by atoms with Crippen molar-refractivity contribution in [2.24, 2.45) is 5.14 Å². The average molecular weight is 205 g/mol. The van der Waals surface area contributed by atoms with E-state index in [1.165, 1.54) is 18.2 Å². The molecule has 1 aromatic carbocycles. The summed E-state index contributed by atoms with van der Waals surface area (Å²) in [6.45, 7) is 0. The number of sulfonamides is 1. The molecule has 0 bridgehead atoms. The molecule has 12 heavy (non-hydrogen) atoms. The van der Waals surface area contributed by atoms with E-state index in [4.69, 9.17) is 10.2 Å². The summed E-state index contributed by atoms with van der Waals surface area (Å²) in [6, 6.07) is 3.63. The minimum atomic E-state index is -3.70. The molecule has 6 heteroatoms. The average Bonchev–Trinajstić information content (AvgIpc) is 1.92. The van der Waals surface area contributed by atoms with Gasteiger partial charge in [-0.3, -0.25) is 0 Å². The first kappa shape index (κ1) is 9.37. The third kappa shape index (κ3) is 1.90. The van der Waals surface area contributed by atoms with Gasteiger partial charge in [0.05, 0.1) is 4.90 Å². The van der Waals surface area contributed by atoms with Gasteiger partial charge in [-0.05, 0) is 18.2 Å². The Morgan fingerprint density at radius 1 is 1.42 bits per heavy atom. The van der Waals surface area contributed by atoms with Crippen molar-refractivity contribution in [3.8, 4) is 5.75 Å². The Kier molecular flexibility index (Phi) is 2.31. The molecule has 0 saturated carbocycles. The Balaban J connectivity index is 3.33. The van der Waals surface area contributed by atoms with E-state index in [-0.39, 0.29) is 15.5 Å². The maximum absolute atomic E-state index is 10.8. The number of aromatic hydroxyl groups is 1. The van der Waals surface area contributed by atoms with Crippen molar-refractivity contribution in [1.29, 1.82) is 0 Å². The molecule has 0 amide bonds. The van der Waals surface area contributed by atoms with Crippen molar-refractivity contribution in [2.75, 3.05) is 0 Å². The summed E-state index contributed by atoms with van der Waals surface area (Å²) >= 11 is 3.83. The van der Waals surface area contributed by atoms with Crippen molar-refractivity contribution in [1.82, 2.24) is 0 Å². The zero-order valence-electron chi connectivity index (χ0n) is 5.93. The van der Waals surface area contributed by atoms with Crippen LogP contribution in [-0.4, -0.2) is 13.5 Å². The largest absolute Gasteiger partial charge is 0.507 e. The van der Waals surface area contributed by atoms with E-state index in [1.54, 1.807) is 0 Å². The molecule has 1 aromatic rings. The first-order valence-corrected chi connectivity index (χ1v) is 4.95. The molecule has 0 fully saturated rings. The van der Waals surface area contributed by atoms with Crippen LogP contribution in [-0.2, 0) is 10.0 Å². The highest BCUT2D eigenvalue weighted by Crippen LogP contribution is 2.23. The summed E-state index contributed by atoms with van der Waals surface area (Å²) in [5.74, 6) is -0.0780. The Labute approximate surface area is 75.5 Å². The van der Waals surface area contributed by atoms with Crippen molar-refractivity contribution in [3.05, 3.63) is 18.2 Å². The zero-order valence-corrected chi connectivity index (χ0v) is 7.64. The van der Waals surface area contributed by atoms with E-state index in [1.807, 2.05) is 0 Å². The quantitative estimate of drug-likeness (QED) is 0.578. The van der Waals surface area contributed by atoms with Crippen LogP contribution in [0, 0.1) is 0 Å². The highest BCUT2D eigenvalue weighted by molar-refractivity contribution is 7.89. The molecule has 4 nitrogen and oxygen atoms in total. The third-order valence-corrected chi connectivity index (χ3v) is 2.54. The van der Waals surface area contributed by atoms with E-state index >= 15 is 0 Å². The van der Waals surface area contributed by atoms with Crippen molar-refractivity contribution in [2.45, 2.75) is 9.79 Å². The Morgan fingerprint density at radius 2 is 2.00 bits per heavy atom. The maximum atomic E-state index is 10.8. The molecular formula is C6H7NO3S2. The number of nitrogens with two attached hydrogens (primary N) is 1. The number of phenols is 1. The topological polar surface area (TPSA) is 80.4 Å². The third-order valence-electron chi connectivity index (χ3n) is 1.28. The number of rotatable bonds is 1. The lowest BCUT2D eigenvalue weighted by molar-refractivity contribution is 0.462. The molecule has 0 unspecified atom stereocenters. The number of hydrogen-bond donors (Lipinski definition) is 3. The molecule has 0 saturated heterocycles. The first-order chi connectivity index (χ1) is 5.41. The lowest BCUT2D eigenvalue weighted by Gasteiger charge is -2.00. The van der Waals surface area contributed by atoms with Gasteiger partial charge in [0, 0.05) is 4.90 Å². The molecule has 0 heterocycles. The number of thiol groups is 1. The van der Waals surface area contributed by atoms with Crippen LogP contribution in [0.1, 0.15) is 0 Å². The van der Waals surface area contributed by atoms with Gasteiger partial charge >= 0.3 is 0 Å². The van der Waals surface area contributed by atoms with Crippen LogP contribution in [0.4, 0.5) is 0 Å². The summed E-state index contributed by atoms with van der Waals surface area (Å²) in [5, 5.41) is 13.8. The molecule has 66 valence electrons. The highest BCUT2D eigenvalue weighted by atomic mass is 32.2. The molecule has 3 N–H and O–H groups in total. The van der Waals surface area contributed by atoms with Crippen LogP contribution in [0.5, 0.6) is 5.75 Å². The summed E-state index contributed by atoms with van der Waals surface area (Å²) in [4.78, 5) is 0.117. The van der Waals surface area contributed by atoms with E-state index < -0.39 is 10.0 Å². The van der Waals surface area contributed by atoms with Gasteiger partial charge in [0.15, 0.2) is 0 Å². The van der Waals surface area contributed by atoms with Gasteiger partial charge in [-0.15, -0.1) is 12.6 Å². The van der Waals surface area contributed by atoms with Crippen LogP contribution in [0.2, 0.25) is 0 Å². The zero-order chi connectivity index (χ0) is 9.35. The second-order valence-corrected chi connectivity index (χ2v) is 4.24. The SMILES string of the molecule is NS(=O)(=O)c1ccc(O)c(S)c1. The molecule has 0 radical (unpaired) electrons. The van der Waals surface area contributed by atoms with Crippen LogP contribution in [0.25, 0.3) is 0 Å². The van der Waals surface area contributed by atoms with Gasteiger partial charge < -0.3 is 5.11 Å². The van der Waals surface area contributed by atoms with Crippen molar-refractivity contribution < 1.29 is 13.5 Å². The predicted molar refractivity (Wildman–Crippen MR) is 46.7 cm³/mol. The summed E-state index contributed by atoms with van der Waals surface area (Å²) in [7, 11) is -3.70. The van der Waals surface area contributed by atoms with Gasteiger partial charge in [-0.2, -0.15) is 0 Å². The standard InChI is InChI=1S/C6H7NO3S2/c7-12(9,10)4-1-2-5(8)6(11)3-4/h1-3,8,11H,(H2,7,9,10). The molecule has 0 aromatic heterocycles. The minimum absolute atomic E-state index is 0.0645. The molecule has 0 aliphatic rings. The van der Waals surface area contributed by atoms with Gasteiger partial charge in [0.2, 0.25) is 10.0 Å². The number of hydrogen-bond acceptors (Lipinski definition) is 4. The van der Waals surface area contributed by atoms with Gasteiger partial charge in [0.25, 0.3) is 0 Å². The van der Waals surface area contributed by atoms with Crippen molar-refractivity contribution in [3.63, 3.8) is 0 Å². The van der Waals surface area contributed by atoms with Crippen LogP contribution >= 0.6 is 12.6 Å². The molecular weight excluding hydrogens is 198 g/mol. The Morgan fingerprint density at radius 3 is 2.42 bits per heavy atom. The normalized spacial score (nSPS) is 11.5. The molecule has 0 aliphatic heterocycles. The van der Waals surface area contributed by atoms with E-state index in [2.05, 4.69) is 12.6 Å². The van der Waals surface area contributed by atoms with E-state index in [0.717, 1.165) is 0 Å². The Bertz CT molecular complexity index is 399. The van der Waals surface area contributed by atoms with Crippen molar-refractivity contribution >= 4 is 22.7 Å². The summed E-state index contributed by atoms with van der Waals surface area (Å²) in [6.07, 6.45) is 0. The molecule has 0 aliphatic carbocycles. The number of primary sulfonamides is 1. The second kappa shape index (κ2) is 2.96. The van der Waals surface area contributed by atoms with Crippen LogP contribution in [0.15, 0.2) is 28.0 Å². The molecule has 1 rings (SSSR count). The van der Waals surface area contributed by atoms with Gasteiger partial charge in [-0.25, -0.2) is 13.6 Å². The Hall–Kier alpha value is -0.720. The predicted octanol–water partition coefficient (Wildman–Crippen LogP) is 0.328. The second-order valence-electron chi connectivity index (χ2n) is 2.20. The fourth-order valence-corrected chi connectivity index (χ4v) is 1.52. The van der Waals surface area contributed by atoms with E-state index in [0.29, 0.717) is 0 Å². The summed E-state index contributed by atoms with van der Waals surface area (Å²) in [5.41, 5.74) is 0. The lowest BCUT2D eigenvalue weighted by Crippen LogP contribution is -2.11. The molecule has 0 atom stereocenters. The lowest BCUT2D eigenvalue weighted by atomic mass is 10.3. The fraction of sp³-hybridized carbons (Fsp3) is 0. The monoisotopic (exact) mass is 205 g/mol. The van der Waals surface area contributed by atoms with Gasteiger partial charge in [-0.1, -0.05) is 0 Å². The van der Waals surface area contributed by atoms with Gasteiger partial charge in [0.1, 0.15) is 5.75 Å². The molecule has 0 spiro atoms. The number of phenolic OH excluding ortho intramolecular Hbond substituents is 1. The summed E-state index contributed by atoms with van der Waals surface area (Å²) < 4.78 is 21.5. The van der Waals surface area contributed by atoms with Crippen LogP contribution < -0.4 is 5.14 Å². The fourth-order valence-electron chi connectivity index (χ4n) is 0.680. The number of benzene rings is 1. The van der Waals surface area contributed by atoms with Crippen LogP contribution in [0.3, 0.4) is 0 Å². The highest BCUT2D eigenvalue weighted by Gasteiger charge is 2.08. The van der Waals surface area contributed by atoms with E-state index in [9.17, 15) is 8.42 Å². The minimum Gasteiger partial charge on any atom is -0.507 e. The first-order valence-electron chi connectivity index (χ1n) is 2.96. The maximum Gasteiger partial charge on any atom is 0.238 e. The smallest absolute Gasteiger partial charge is 0.238 e.